The van der Waals surface area contributed by atoms with Crippen LogP contribution in [0.3, 0.4) is 0 Å². The molecule has 88 valence electrons. The Bertz CT molecular complexity index is 306. The van der Waals surface area contributed by atoms with Crippen LogP contribution in [0.4, 0.5) is 0 Å². The fraction of sp³-hybridized carbons (Fsp3) is 0.538. The maximum atomic E-state index is 3.52. The van der Waals surface area contributed by atoms with Gasteiger partial charge in [0.1, 0.15) is 0 Å². The Kier molecular flexibility index (Phi) is 4.69. The van der Waals surface area contributed by atoms with Gasteiger partial charge in [-0.2, -0.15) is 0 Å². The fourth-order valence-electron chi connectivity index (χ4n) is 1.82. The van der Waals surface area contributed by atoms with E-state index in [-0.39, 0.29) is 0 Å². The number of nitrogens with one attached hydrogen (secondary N) is 2. The molecule has 0 aromatic heterocycles. The number of hydrogen-bond acceptors (Lipinski definition) is 3. The average Bonchev–Trinajstić information content (AvgIpc) is 2.27. The molecule has 1 fully saturated rings. The van der Waals surface area contributed by atoms with E-state index >= 15 is 0 Å². The Morgan fingerprint density at radius 3 is 2.62 bits per heavy atom. The summed E-state index contributed by atoms with van der Waals surface area (Å²) in [5.74, 6) is 0.860. The normalized spacial score (nSPS) is 16.1. The number of benzene rings is 1. The SMILES string of the molecule is CSc1ccc(CCNCC2CNC2)cc1. The van der Waals surface area contributed by atoms with Crippen LogP contribution in [0.1, 0.15) is 5.56 Å². The van der Waals surface area contributed by atoms with Gasteiger partial charge in [-0.1, -0.05) is 12.1 Å². The molecule has 2 nitrogen and oxygen atoms in total. The van der Waals surface area contributed by atoms with Crippen molar-refractivity contribution in [2.75, 3.05) is 32.4 Å². The van der Waals surface area contributed by atoms with Crippen molar-refractivity contribution in [1.29, 1.82) is 0 Å². The standard InChI is InChI=1S/C13H20N2S/c1-16-13-4-2-11(3-5-13)6-7-14-8-12-9-15-10-12/h2-5,12,14-15H,6-10H2,1H3. The van der Waals surface area contributed by atoms with Crippen molar-refractivity contribution in [3.8, 4) is 0 Å². The van der Waals surface area contributed by atoms with Crippen LogP contribution < -0.4 is 10.6 Å². The summed E-state index contributed by atoms with van der Waals surface area (Å²) in [6.07, 6.45) is 3.25. The van der Waals surface area contributed by atoms with Crippen LogP contribution >= 0.6 is 11.8 Å². The molecule has 2 rings (SSSR count). The molecule has 1 aliphatic rings. The van der Waals surface area contributed by atoms with Crippen molar-refractivity contribution in [1.82, 2.24) is 10.6 Å². The fourth-order valence-corrected chi connectivity index (χ4v) is 2.23. The highest BCUT2D eigenvalue weighted by Gasteiger charge is 2.15. The van der Waals surface area contributed by atoms with Crippen LogP contribution in [0, 0.1) is 5.92 Å². The lowest BCUT2D eigenvalue weighted by molar-refractivity contribution is 0.333. The smallest absolute Gasteiger partial charge is 0.00693 e. The predicted molar refractivity (Wildman–Crippen MR) is 71.2 cm³/mol. The summed E-state index contributed by atoms with van der Waals surface area (Å²) < 4.78 is 0. The highest BCUT2D eigenvalue weighted by atomic mass is 32.2. The van der Waals surface area contributed by atoms with Gasteiger partial charge in [-0.3, -0.25) is 0 Å². The summed E-state index contributed by atoms with van der Waals surface area (Å²) in [5, 5.41) is 6.81. The molecule has 0 saturated carbocycles. The minimum Gasteiger partial charge on any atom is -0.316 e. The van der Waals surface area contributed by atoms with Crippen molar-refractivity contribution in [2.24, 2.45) is 5.92 Å². The van der Waals surface area contributed by atoms with Crippen LogP contribution in [0.2, 0.25) is 0 Å². The maximum absolute atomic E-state index is 3.52. The molecule has 0 radical (unpaired) electrons. The molecule has 1 aromatic rings. The second-order valence-corrected chi connectivity index (χ2v) is 5.21. The predicted octanol–water partition coefficient (Wildman–Crippen LogP) is 1.76. The van der Waals surface area contributed by atoms with Crippen molar-refractivity contribution in [2.45, 2.75) is 11.3 Å². The van der Waals surface area contributed by atoms with Gasteiger partial charge in [0, 0.05) is 24.5 Å². The molecule has 1 aliphatic heterocycles. The third kappa shape index (κ3) is 3.51. The van der Waals surface area contributed by atoms with Gasteiger partial charge < -0.3 is 10.6 Å². The highest BCUT2D eigenvalue weighted by Crippen LogP contribution is 2.14. The molecular weight excluding hydrogens is 216 g/mol. The average molecular weight is 236 g/mol. The van der Waals surface area contributed by atoms with Gasteiger partial charge in [0.15, 0.2) is 0 Å². The van der Waals surface area contributed by atoms with Crippen molar-refractivity contribution in [3.05, 3.63) is 29.8 Å². The maximum Gasteiger partial charge on any atom is 0.00693 e. The number of thioether (sulfide) groups is 1. The summed E-state index contributed by atoms with van der Waals surface area (Å²) in [4.78, 5) is 1.34. The molecule has 0 amide bonds. The van der Waals surface area contributed by atoms with Gasteiger partial charge in [0.05, 0.1) is 0 Å². The molecule has 0 unspecified atom stereocenters. The van der Waals surface area contributed by atoms with E-state index in [9.17, 15) is 0 Å². The molecule has 0 spiro atoms. The van der Waals surface area contributed by atoms with Crippen molar-refractivity contribution in [3.63, 3.8) is 0 Å². The summed E-state index contributed by atoms with van der Waals surface area (Å²) in [5.41, 5.74) is 1.43. The molecule has 16 heavy (non-hydrogen) atoms. The van der Waals surface area contributed by atoms with Crippen LogP contribution in [-0.2, 0) is 6.42 Å². The first-order chi connectivity index (χ1) is 7.88. The molecule has 1 saturated heterocycles. The van der Waals surface area contributed by atoms with E-state index in [4.69, 9.17) is 0 Å². The van der Waals surface area contributed by atoms with Crippen molar-refractivity contribution < 1.29 is 0 Å². The Morgan fingerprint density at radius 2 is 2.06 bits per heavy atom. The lowest BCUT2D eigenvalue weighted by Crippen LogP contribution is -2.47. The van der Waals surface area contributed by atoms with E-state index < -0.39 is 0 Å². The molecule has 3 heteroatoms. The van der Waals surface area contributed by atoms with Gasteiger partial charge >= 0.3 is 0 Å². The first-order valence-corrected chi connectivity index (χ1v) is 7.15. The lowest BCUT2D eigenvalue weighted by atomic mass is 10.0. The molecule has 0 aliphatic carbocycles. The minimum absolute atomic E-state index is 0.860. The molecule has 2 N–H and O–H groups in total. The Morgan fingerprint density at radius 1 is 1.31 bits per heavy atom. The van der Waals surface area contributed by atoms with Crippen LogP contribution in [0.25, 0.3) is 0 Å². The third-order valence-electron chi connectivity index (χ3n) is 3.05. The van der Waals surface area contributed by atoms with E-state index in [0.717, 1.165) is 25.4 Å². The van der Waals surface area contributed by atoms with E-state index in [1.807, 2.05) is 0 Å². The summed E-state index contributed by atoms with van der Waals surface area (Å²) in [6, 6.07) is 8.88. The first-order valence-electron chi connectivity index (χ1n) is 5.93. The van der Waals surface area contributed by atoms with E-state index in [0.29, 0.717) is 0 Å². The zero-order valence-corrected chi connectivity index (χ0v) is 10.6. The topological polar surface area (TPSA) is 24.1 Å². The first kappa shape index (κ1) is 12.0. The molecular formula is C13H20N2S. The minimum atomic E-state index is 0.860. The second kappa shape index (κ2) is 6.28. The zero-order chi connectivity index (χ0) is 11.2. The lowest BCUT2D eigenvalue weighted by Gasteiger charge is -2.27. The number of hydrogen-bond donors (Lipinski definition) is 2. The van der Waals surface area contributed by atoms with Gasteiger partial charge in [-0.05, 0) is 42.8 Å². The largest absolute Gasteiger partial charge is 0.316 e. The monoisotopic (exact) mass is 236 g/mol. The van der Waals surface area contributed by atoms with E-state index in [2.05, 4.69) is 41.2 Å². The number of rotatable bonds is 6. The molecule has 1 heterocycles. The Balaban J connectivity index is 1.64. The molecule has 1 aromatic carbocycles. The summed E-state index contributed by atoms with van der Waals surface area (Å²) >= 11 is 1.80. The third-order valence-corrected chi connectivity index (χ3v) is 3.79. The van der Waals surface area contributed by atoms with Crippen LogP contribution in [-0.4, -0.2) is 32.4 Å². The van der Waals surface area contributed by atoms with Crippen LogP contribution in [0.15, 0.2) is 29.2 Å². The van der Waals surface area contributed by atoms with E-state index in [1.54, 1.807) is 11.8 Å². The van der Waals surface area contributed by atoms with Gasteiger partial charge in [0.25, 0.3) is 0 Å². The van der Waals surface area contributed by atoms with Gasteiger partial charge in [-0.25, -0.2) is 0 Å². The zero-order valence-electron chi connectivity index (χ0n) is 9.83. The highest BCUT2D eigenvalue weighted by molar-refractivity contribution is 7.98. The quantitative estimate of drug-likeness (QED) is 0.581. The molecule has 0 atom stereocenters. The Labute approximate surface area is 102 Å². The van der Waals surface area contributed by atoms with Gasteiger partial charge in [-0.15, -0.1) is 11.8 Å². The van der Waals surface area contributed by atoms with Crippen molar-refractivity contribution >= 4 is 11.8 Å². The summed E-state index contributed by atoms with van der Waals surface area (Å²) in [7, 11) is 0. The van der Waals surface area contributed by atoms with Gasteiger partial charge in [0.2, 0.25) is 0 Å². The Hall–Kier alpha value is -0.510. The van der Waals surface area contributed by atoms with Crippen LogP contribution in [0.5, 0.6) is 0 Å². The molecule has 0 bridgehead atoms. The van der Waals surface area contributed by atoms with E-state index in [1.165, 1.54) is 23.5 Å². The summed E-state index contributed by atoms with van der Waals surface area (Å²) in [6.45, 7) is 4.63. The second-order valence-electron chi connectivity index (χ2n) is 4.33.